The molecule has 0 N–H and O–H groups in total. The van der Waals surface area contributed by atoms with Gasteiger partial charge in [0.15, 0.2) is 0 Å². The number of hydrogen-bond acceptors (Lipinski definition) is 5. The lowest BCUT2D eigenvalue weighted by Crippen LogP contribution is -2.45. The summed E-state index contributed by atoms with van der Waals surface area (Å²) in [6, 6.07) is 0. The second kappa shape index (κ2) is 8.50. The molecule has 17 heavy (non-hydrogen) atoms. The summed E-state index contributed by atoms with van der Waals surface area (Å²) in [6.45, 7) is 7.69. The van der Waals surface area contributed by atoms with Gasteiger partial charge in [-0.15, -0.1) is 0 Å². The van der Waals surface area contributed by atoms with Crippen molar-refractivity contribution in [2.24, 2.45) is 0 Å². The highest BCUT2D eigenvalue weighted by Gasteiger charge is 2.38. The third-order valence-electron chi connectivity index (χ3n) is 2.41. The molecule has 1 atom stereocenters. The summed E-state index contributed by atoms with van der Waals surface area (Å²) in [5.41, 5.74) is -1.21. The summed E-state index contributed by atoms with van der Waals surface area (Å²) in [5.74, 6) is -0.479. The van der Waals surface area contributed by atoms with Crippen LogP contribution in [0.15, 0.2) is 0 Å². The normalized spacial score (nSPS) is 14.2. The van der Waals surface area contributed by atoms with Gasteiger partial charge in [0.1, 0.15) is 0 Å². The van der Waals surface area contributed by atoms with E-state index < -0.39 is 11.6 Å². The molecule has 0 amide bonds. The first-order valence-electron chi connectivity index (χ1n) is 6.04. The number of ether oxygens (including phenoxy) is 2. The lowest BCUT2D eigenvalue weighted by molar-refractivity contribution is -0.299. The van der Waals surface area contributed by atoms with Gasteiger partial charge in [0, 0.05) is 7.11 Å². The van der Waals surface area contributed by atoms with Crippen LogP contribution in [0.1, 0.15) is 27.7 Å². The summed E-state index contributed by atoms with van der Waals surface area (Å²) in [7, 11) is 1.50. The van der Waals surface area contributed by atoms with E-state index in [0.29, 0.717) is 6.61 Å². The molecule has 0 saturated carbocycles. The molecule has 0 spiro atoms. The summed E-state index contributed by atoms with van der Waals surface area (Å²) in [6.07, 6.45) is 1.64. The minimum Gasteiger partial charge on any atom is -0.464 e. The highest BCUT2D eigenvalue weighted by Crippen LogP contribution is 2.16. The van der Waals surface area contributed by atoms with Gasteiger partial charge in [-0.2, -0.15) is 0 Å². The van der Waals surface area contributed by atoms with Gasteiger partial charge in [-0.05, 0) is 26.5 Å². The molecular weight excluding hydrogens is 223 g/mol. The standard InChI is InChI=1S/C11H23BO5/c1-6-12(7-2)17-16-11(4,9-14-5)10(13)15-8-3/h6-9H2,1-5H3. The molecule has 0 aliphatic carbocycles. The summed E-state index contributed by atoms with van der Waals surface area (Å²) < 4.78 is 9.90. The first kappa shape index (κ1) is 16.4. The molecule has 100 valence electrons. The Morgan fingerprint density at radius 1 is 1.24 bits per heavy atom. The maximum absolute atomic E-state index is 11.7. The topological polar surface area (TPSA) is 54.0 Å². The Labute approximate surface area is 104 Å². The number of carbonyl (C=O) groups excluding carboxylic acids is 1. The van der Waals surface area contributed by atoms with Gasteiger partial charge in [-0.3, -0.25) is 0 Å². The van der Waals surface area contributed by atoms with Gasteiger partial charge < -0.3 is 14.3 Å². The van der Waals surface area contributed by atoms with E-state index in [0.717, 1.165) is 12.6 Å². The van der Waals surface area contributed by atoms with Crippen molar-refractivity contribution in [3.63, 3.8) is 0 Å². The van der Waals surface area contributed by atoms with Gasteiger partial charge in [-0.1, -0.05) is 13.8 Å². The lowest BCUT2D eigenvalue weighted by Gasteiger charge is -2.26. The second-order valence-electron chi connectivity index (χ2n) is 4.00. The van der Waals surface area contributed by atoms with Crippen molar-refractivity contribution in [2.45, 2.75) is 45.9 Å². The predicted octanol–water partition coefficient (Wildman–Crippen LogP) is 1.93. The van der Waals surface area contributed by atoms with Crippen LogP contribution >= 0.6 is 0 Å². The Kier molecular flexibility index (Phi) is 8.21. The number of carbonyl (C=O) groups is 1. The van der Waals surface area contributed by atoms with Crippen LogP contribution in [0.5, 0.6) is 0 Å². The Hall–Kier alpha value is -0.585. The molecule has 0 saturated heterocycles. The SMILES string of the molecule is CCOC(=O)C(C)(COC)OOB(CC)CC. The molecule has 0 aromatic carbocycles. The first-order chi connectivity index (χ1) is 8.03. The van der Waals surface area contributed by atoms with Crippen molar-refractivity contribution in [1.29, 1.82) is 0 Å². The van der Waals surface area contributed by atoms with Crippen LogP contribution in [-0.2, 0) is 24.0 Å². The molecule has 0 heterocycles. The molecule has 0 radical (unpaired) electrons. The van der Waals surface area contributed by atoms with E-state index in [1.807, 2.05) is 13.8 Å². The van der Waals surface area contributed by atoms with Gasteiger partial charge in [0.05, 0.1) is 13.2 Å². The Morgan fingerprint density at radius 2 is 1.82 bits per heavy atom. The molecule has 1 unspecified atom stereocenters. The average molecular weight is 246 g/mol. The molecule has 5 nitrogen and oxygen atoms in total. The van der Waals surface area contributed by atoms with E-state index >= 15 is 0 Å². The minimum absolute atomic E-state index is 0.0272. The van der Waals surface area contributed by atoms with Crippen LogP contribution in [-0.4, -0.2) is 38.8 Å². The van der Waals surface area contributed by atoms with Crippen molar-refractivity contribution in [3.05, 3.63) is 0 Å². The molecule has 0 bridgehead atoms. The first-order valence-corrected chi connectivity index (χ1v) is 6.04. The average Bonchev–Trinajstić information content (AvgIpc) is 2.31. The zero-order chi connectivity index (χ0) is 13.3. The second-order valence-corrected chi connectivity index (χ2v) is 4.00. The van der Waals surface area contributed by atoms with Crippen LogP contribution in [0, 0.1) is 0 Å². The lowest BCUT2D eigenvalue weighted by atomic mass is 9.63. The van der Waals surface area contributed by atoms with Gasteiger partial charge >= 0.3 is 12.9 Å². The molecule has 0 fully saturated rings. The fourth-order valence-corrected chi connectivity index (χ4v) is 1.28. The minimum atomic E-state index is -1.21. The van der Waals surface area contributed by atoms with Crippen LogP contribution in [0.4, 0.5) is 0 Å². The molecule has 0 aromatic heterocycles. The van der Waals surface area contributed by atoms with Crippen molar-refractivity contribution in [3.8, 4) is 0 Å². The Bertz CT molecular complexity index is 220. The number of methoxy groups -OCH3 is 1. The van der Waals surface area contributed by atoms with E-state index in [1.165, 1.54) is 7.11 Å². The smallest absolute Gasteiger partial charge is 0.343 e. The molecule has 6 heteroatoms. The van der Waals surface area contributed by atoms with E-state index in [-0.39, 0.29) is 13.5 Å². The van der Waals surface area contributed by atoms with E-state index in [2.05, 4.69) is 0 Å². The van der Waals surface area contributed by atoms with E-state index in [1.54, 1.807) is 13.8 Å². The number of rotatable bonds is 9. The van der Waals surface area contributed by atoms with Crippen molar-refractivity contribution in [1.82, 2.24) is 0 Å². The number of esters is 1. The Balaban J connectivity index is 4.43. The van der Waals surface area contributed by atoms with Gasteiger partial charge in [0.25, 0.3) is 0 Å². The predicted molar refractivity (Wildman–Crippen MR) is 65.8 cm³/mol. The summed E-state index contributed by atoms with van der Waals surface area (Å²) >= 11 is 0. The van der Waals surface area contributed by atoms with Crippen LogP contribution in [0.3, 0.4) is 0 Å². The number of hydrogen-bond donors (Lipinski definition) is 0. The quantitative estimate of drug-likeness (QED) is 0.269. The fourth-order valence-electron chi connectivity index (χ4n) is 1.28. The van der Waals surface area contributed by atoms with Crippen LogP contribution in [0.25, 0.3) is 0 Å². The zero-order valence-electron chi connectivity index (χ0n) is 11.4. The molecule has 0 aromatic rings. The zero-order valence-corrected chi connectivity index (χ0v) is 11.4. The molecule has 0 rings (SSSR count). The van der Waals surface area contributed by atoms with E-state index in [9.17, 15) is 4.79 Å². The van der Waals surface area contributed by atoms with Gasteiger partial charge in [0.2, 0.25) is 5.60 Å². The highest BCUT2D eigenvalue weighted by atomic mass is 17.2. The molecule has 0 aliphatic rings. The molecular formula is C11H23BO5. The van der Waals surface area contributed by atoms with Crippen LogP contribution in [0.2, 0.25) is 12.6 Å². The monoisotopic (exact) mass is 246 g/mol. The van der Waals surface area contributed by atoms with Gasteiger partial charge in [-0.25, -0.2) is 9.68 Å². The largest absolute Gasteiger partial charge is 0.464 e. The molecule has 0 aliphatic heterocycles. The van der Waals surface area contributed by atoms with Crippen molar-refractivity contribution < 1.29 is 24.0 Å². The maximum Gasteiger partial charge on any atom is 0.343 e. The summed E-state index contributed by atoms with van der Waals surface area (Å²) in [4.78, 5) is 22.2. The fraction of sp³-hybridized carbons (Fsp3) is 0.909. The van der Waals surface area contributed by atoms with E-state index in [4.69, 9.17) is 19.2 Å². The van der Waals surface area contributed by atoms with Crippen LogP contribution < -0.4 is 0 Å². The summed E-state index contributed by atoms with van der Waals surface area (Å²) in [5, 5.41) is 0. The van der Waals surface area contributed by atoms with Crippen molar-refractivity contribution in [2.75, 3.05) is 20.3 Å². The highest BCUT2D eigenvalue weighted by molar-refractivity contribution is 6.51. The third-order valence-corrected chi connectivity index (χ3v) is 2.41. The van der Waals surface area contributed by atoms with Crippen molar-refractivity contribution >= 4 is 12.9 Å². The maximum atomic E-state index is 11.7. The Morgan fingerprint density at radius 3 is 2.24 bits per heavy atom. The third kappa shape index (κ3) is 5.52.